The van der Waals surface area contributed by atoms with Gasteiger partial charge in [-0.3, -0.25) is 9.59 Å². The molecule has 3 fully saturated rings. The van der Waals surface area contributed by atoms with Gasteiger partial charge in [0.1, 0.15) is 11.4 Å². The highest BCUT2D eigenvalue weighted by Gasteiger charge is 2.40. The van der Waals surface area contributed by atoms with Gasteiger partial charge in [0.05, 0.1) is 20.1 Å². The van der Waals surface area contributed by atoms with Crippen LogP contribution in [-0.4, -0.2) is 93.0 Å². The molecule has 0 bridgehead atoms. The van der Waals surface area contributed by atoms with Crippen LogP contribution < -0.4 is 30.2 Å². The maximum absolute atomic E-state index is 14.2. The van der Waals surface area contributed by atoms with Gasteiger partial charge in [-0.15, -0.1) is 0 Å². The number of allylic oxidation sites excluding steroid dienone is 1. The number of nitrogens with one attached hydrogen (secondary N) is 2. The first-order valence-electron chi connectivity index (χ1n) is 16.3. The summed E-state index contributed by atoms with van der Waals surface area (Å²) in [4.78, 5) is 33.6. The number of carbonyl (C=O) groups excluding carboxylic acids is 2. The number of piperidine rings is 1. The molecule has 47 heavy (non-hydrogen) atoms. The molecule has 12 heteroatoms. The van der Waals surface area contributed by atoms with Crippen LogP contribution in [0, 0.1) is 11.3 Å². The topological polar surface area (TPSA) is 133 Å². The number of amides is 2. The van der Waals surface area contributed by atoms with Gasteiger partial charge in [0, 0.05) is 74.9 Å². The molecule has 2 saturated heterocycles. The number of anilines is 1. The van der Waals surface area contributed by atoms with Crippen molar-refractivity contribution in [2.75, 3.05) is 58.4 Å². The predicted molar refractivity (Wildman–Crippen MR) is 185 cm³/mol. The molecule has 2 aromatic carbocycles. The zero-order valence-electron chi connectivity index (χ0n) is 27.8. The van der Waals surface area contributed by atoms with Gasteiger partial charge in [0.25, 0.3) is 5.91 Å². The molecule has 1 atom stereocenters. The number of carbonyl (C=O) groups is 2. The van der Waals surface area contributed by atoms with Crippen LogP contribution in [0.4, 0.5) is 5.69 Å². The van der Waals surface area contributed by atoms with Crippen molar-refractivity contribution >= 4 is 40.9 Å². The second-order valence-corrected chi connectivity index (χ2v) is 13.3. The smallest absolute Gasteiger partial charge is 0.266 e. The van der Waals surface area contributed by atoms with E-state index in [4.69, 9.17) is 37.0 Å². The standard InChI is InChI=1S/C35H47ClN6O5/c1-35(2,34(44)40-16-13-39-14-17-40)47-30-12-11-29(45-3)31(32(30)46-4)41-15-5-6-25(21-41)33(43)42(27-9-10-27)22-24-8-7-23(18-28(24)36)26(19-37)20-38/h7-8,11-12,18-20,25,27,37,39H,5-6,9-10,13-17,21-22,38H2,1-4H3/b26-20+,37-19?/t25-/m1/s1. The Bertz CT molecular complexity index is 1500. The summed E-state index contributed by atoms with van der Waals surface area (Å²) in [5.41, 5.74) is 7.44. The molecule has 2 aromatic rings. The number of hydrogen-bond donors (Lipinski definition) is 3. The third kappa shape index (κ3) is 7.62. The van der Waals surface area contributed by atoms with Crippen molar-refractivity contribution in [3.63, 3.8) is 0 Å². The third-order valence-electron chi connectivity index (χ3n) is 9.19. The number of nitrogens with two attached hydrogens (primary N) is 1. The van der Waals surface area contributed by atoms with Crippen molar-refractivity contribution in [3.8, 4) is 17.2 Å². The van der Waals surface area contributed by atoms with Gasteiger partial charge in [-0.1, -0.05) is 23.7 Å². The van der Waals surface area contributed by atoms with E-state index in [-0.39, 0.29) is 23.8 Å². The van der Waals surface area contributed by atoms with Crippen LogP contribution in [0.2, 0.25) is 5.02 Å². The van der Waals surface area contributed by atoms with Gasteiger partial charge in [-0.2, -0.15) is 0 Å². The first-order valence-corrected chi connectivity index (χ1v) is 16.7. The normalized spacial score (nSPS) is 18.8. The Kier molecular flexibility index (Phi) is 10.9. The van der Waals surface area contributed by atoms with Crippen molar-refractivity contribution in [3.05, 3.63) is 52.7 Å². The van der Waals surface area contributed by atoms with E-state index in [1.54, 1.807) is 40.2 Å². The van der Waals surface area contributed by atoms with Crippen LogP contribution in [0.3, 0.4) is 0 Å². The van der Waals surface area contributed by atoms with Gasteiger partial charge in [-0.25, -0.2) is 0 Å². The fourth-order valence-corrected chi connectivity index (χ4v) is 6.74. The Balaban J connectivity index is 1.36. The van der Waals surface area contributed by atoms with Crippen LogP contribution in [0.5, 0.6) is 17.2 Å². The maximum atomic E-state index is 14.2. The van der Waals surface area contributed by atoms with Crippen molar-refractivity contribution in [2.45, 2.75) is 57.7 Å². The van der Waals surface area contributed by atoms with E-state index in [0.717, 1.165) is 49.9 Å². The molecule has 5 rings (SSSR count). The molecular formula is C35H47ClN6O5. The molecule has 2 aliphatic heterocycles. The Morgan fingerprint density at radius 2 is 1.81 bits per heavy atom. The maximum Gasteiger partial charge on any atom is 0.266 e. The van der Waals surface area contributed by atoms with E-state index in [1.807, 2.05) is 28.0 Å². The molecule has 1 aliphatic carbocycles. The summed E-state index contributed by atoms with van der Waals surface area (Å²) in [5, 5.41) is 11.4. The lowest BCUT2D eigenvalue weighted by Gasteiger charge is -2.38. The molecule has 0 aromatic heterocycles. The number of ether oxygens (including phenoxy) is 3. The summed E-state index contributed by atoms with van der Waals surface area (Å²) in [7, 11) is 3.20. The van der Waals surface area contributed by atoms with E-state index in [9.17, 15) is 9.59 Å². The van der Waals surface area contributed by atoms with Gasteiger partial charge in [-0.05, 0) is 68.9 Å². The molecule has 1 saturated carbocycles. The highest BCUT2D eigenvalue weighted by atomic mass is 35.5. The molecule has 3 aliphatic rings. The molecule has 2 heterocycles. The largest absolute Gasteiger partial charge is 0.494 e. The van der Waals surface area contributed by atoms with Crippen molar-refractivity contribution in [1.82, 2.24) is 15.1 Å². The van der Waals surface area contributed by atoms with E-state index in [1.165, 1.54) is 12.4 Å². The quantitative estimate of drug-likeness (QED) is 0.286. The summed E-state index contributed by atoms with van der Waals surface area (Å²) in [6.07, 6.45) is 6.09. The van der Waals surface area contributed by atoms with Crippen molar-refractivity contribution < 1.29 is 23.8 Å². The predicted octanol–water partition coefficient (Wildman–Crippen LogP) is 4.30. The molecule has 0 spiro atoms. The first-order chi connectivity index (χ1) is 22.6. The zero-order valence-corrected chi connectivity index (χ0v) is 28.6. The summed E-state index contributed by atoms with van der Waals surface area (Å²) in [6, 6.07) is 9.39. The van der Waals surface area contributed by atoms with Gasteiger partial charge in [0.2, 0.25) is 5.91 Å². The molecule has 4 N–H and O–H groups in total. The minimum atomic E-state index is -1.12. The number of halogens is 1. The lowest BCUT2D eigenvalue weighted by molar-refractivity contribution is -0.146. The number of methoxy groups -OCH3 is 2. The molecule has 0 radical (unpaired) electrons. The van der Waals surface area contributed by atoms with Crippen LogP contribution in [0.25, 0.3) is 5.57 Å². The lowest BCUT2D eigenvalue weighted by atomic mass is 9.95. The van der Waals surface area contributed by atoms with Gasteiger partial charge >= 0.3 is 0 Å². The van der Waals surface area contributed by atoms with Crippen LogP contribution in [-0.2, 0) is 16.1 Å². The molecule has 11 nitrogen and oxygen atoms in total. The Hall–Kier alpha value is -3.96. The van der Waals surface area contributed by atoms with Crippen molar-refractivity contribution in [2.24, 2.45) is 11.7 Å². The zero-order chi connectivity index (χ0) is 33.7. The minimum Gasteiger partial charge on any atom is -0.494 e. The average Bonchev–Trinajstić information content (AvgIpc) is 3.93. The highest BCUT2D eigenvalue weighted by Crippen LogP contribution is 2.47. The fourth-order valence-electron chi connectivity index (χ4n) is 6.50. The van der Waals surface area contributed by atoms with E-state index in [0.29, 0.717) is 66.3 Å². The first kappa shape index (κ1) is 34.4. The average molecular weight is 667 g/mol. The van der Waals surface area contributed by atoms with E-state index in [2.05, 4.69) is 10.2 Å². The fraction of sp³-hybridized carbons (Fsp3) is 0.514. The monoisotopic (exact) mass is 666 g/mol. The molecule has 0 unspecified atom stereocenters. The highest BCUT2D eigenvalue weighted by molar-refractivity contribution is 6.31. The second kappa shape index (κ2) is 14.9. The molecule has 2 amide bonds. The SMILES string of the molecule is COc1ccc(OC(C)(C)C(=O)N2CCNCC2)c(OC)c1N1CCC[C@@H](C(=O)N(Cc2ccc(/C(C=N)=C/N)cc2Cl)C2CC2)C1. The van der Waals surface area contributed by atoms with Gasteiger partial charge < -0.3 is 45.4 Å². The summed E-state index contributed by atoms with van der Waals surface area (Å²) in [5.74, 6) is 1.31. The van der Waals surface area contributed by atoms with E-state index >= 15 is 0 Å². The van der Waals surface area contributed by atoms with Crippen LogP contribution >= 0.6 is 11.6 Å². The van der Waals surface area contributed by atoms with Crippen LogP contribution in [0.15, 0.2) is 36.5 Å². The Labute approximate surface area is 282 Å². The number of rotatable bonds is 12. The molecule has 254 valence electrons. The molecular weight excluding hydrogens is 620 g/mol. The number of hydrogen-bond acceptors (Lipinski definition) is 9. The Morgan fingerprint density at radius 3 is 2.43 bits per heavy atom. The van der Waals surface area contributed by atoms with E-state index < -0.39 is 5.60 Å². The summed E-state index contributed by atoms with van der Waals surface area (Å²) < 4.78 is 18.2. The third-order valence-corrected chi connectivity index (χ3v) is 9.54. The number of benzene rings is 2. The summed E-state index contributed by atoms with van der Waals surface area (Å²) in [6.45, 7) is 7.94. The Morgan fingerprint density at radius 1 is 1.09 bits per heavy atom. The minimum absolute atomic E-state index is 0.0806. The van der Waals surface area contributed by atoms with Gasteiger partial charge in [0.15, 0.2) is 17.1 Å². The van der Waals surface area contributed by atoms with Crippen LogP contribution in [0.1, 0.15) is 50.7 Å². The number of nitrogens with zero attached hydrogens (tertiary/aromatic N) is 3. The second-order valence-electron chi connectivity index (χ2n) is 12.9. The summed E-state index contributed by atoms with van der Waals surface area (Å²) >= 11 is 6.69. The lowest BCUT2D eigenvalue weighted by Crippen LogP contribution is -2.54. The number of piperazine rings is 1. The van der Waals surface area contributed by atoms with Crippen molar-refractivity contribution in [1.29, 1.82) is 5.41 Å².